The first-order valence-electron chi connectivity index (χ1n) is 15.3. The van der Waals surface area contributed by atoms with Gasteiger partial charge in [-0.15, -0.1) is 10.2 Å². The van der Waals surface area contributed by atoms with Crippen molar-refractivity contribution < 1.29 is 36.2 Å². The van der Waals surface area contributed by atoms with Gasteiger partial charge in [-0.05, 0) is 35.4 Å². The van der Waals surface area contributed by atoms with E-state index >= 15 is 0 Å². The first kappa shape index (κ1) is 36.9. The van der Waals surface area contributed by atoms with Crippen molar-refractivity contribution in [2.75, 3.05) is 26.3 Å². The Morgan fingerprint density at radius 2 is 0.980 bits per heavy atom. The number of aromatic nitrogens is 6. The molecule has 0 radical (unpaired) electrons. The second kappa shape index (κ2) is 16.5. The summed E-state index contributed by atoms with van der Waals surface area (Å²) in [4.78, 5) is 1.55. The van der Waals surface area contributed by atoms with Crippen LogP contribution in [0, 0.1) is 0 Å². The minimum Gasteiger partial charge on any atom is -0.395 e. The Morgan fingerprint density at radius 1 is 0.588 bits per heavy atom. The van der Waals surface area contributed by atoms with E-state index in [1.807, 2.05) is 60.7 Å². The quantitative estimate of drug-likeness (QED) is 0.0693. The van der Waals surface area contributed by atoms with E-state index in [0.29, 0.717) is 24.5 Å². The maximum atomic E-state index is 12.3. The fourth-order valence-corrected chi connectivity index (χ4v) is 6.14. The van der Waals surface area contributed by atoms with Crippen molar-refractivity contribution in [3.8, 4) is 33.9 Å². The molecule has 0 bridgehead atoms. The molecule has 17 heteroatoms. The molecule has 0 fully saturated rings. The lowest BCUT2D eigenvalue weighted by Crippen LogP contribution is -2.21. The Morgan fingerprint density at radius 3 is 1.33 bits per heavy atom. The van der Waals surface area contributed by atoms with Crippen LogP contribution in [0.5, 0.6) is 0 Å². The van der Waals surface area contributed by atoms with Gasteiger partial charge in [-0.1, -0.05) is 84.9 Å². The third-order valence-corrected chi connectivity index (χ3v) is 8.97. The highest BCUT2D eigenvalue weighted by Gasteiger charge is 2.19. The van der Waals surface area contributed by atoms with Crippen LogP contribution in [0.2, 0.25) is 0 Å². The molecule has 51 heavy (non-hydrogen) atoms. The fourth-order valence-electron chi connectivity index (χ4n) is 4.74. The first-order valence-corrected chi connectivity index (χ1v) is 18.2. The van der Waals surface area contributed by atoms with Gasteiger partial charge in [0.05, 0.1) is 37.0 Å². The molecule has 264 valence electrons. The Bertz CT molecular complexity index is 2170. The highest BCUT2D eigenvalue weighted by Crippen LogP contribution is 2.26. The Hall–Kier alpha value is -5.40. The maximum absolute atomic E-state index is 12.3. The van der Waals surface area contributed by atoms with E-state index in [2.05, 4.69) is 25.7 Å². The Labute approximate surface area is 293 Å². The smallest absolute Gasteiger partial charge is 0.295 e. The van der Waals surface area contributed by atoms with E-state index in [-0.39, 0.29) is 35.7 Å². The van der Waals surface area contributed by atoms with Crippen LogP contribution in [0.3, 0.4) is 0 Å². The number of benzene rings is 4. The van der Waals surface area contributed by atoms with Gasteiger partial charge in [0.2, 0.25) is 0 Å². The Kier molecular flexibility index (Phi) is 12.0. The second-order valence-electron chi connectivity index (χ2n) is 10.7. The van der Waals surface area contributed by atoms with Crippen LogP contribution in [0.1, 0.15) is 11.1 Å². The van der Waals surface area contributed by atoms with Crippen LogP contribution in [0.4, 0.5) is 0 Å². The third-order valence-electron chi connectivity index (χ3n) is 7.15. The summed E-state index contributed by atoms with van der Waals surface area (Å²) >= 11 is 0. The van der Waals surface area contributed by atoms with E-state index in [1.165, 1.54) is 58.4 Å². The molecule has 0 aliphatic rings. The summed E-state index contributed by atoms with van der Waals surface area (Å²) in [5.74, 6) is 0. The van der Waals surface area contributed by atoms with Gasteiger partial charge in [0.15, 0.2) is 0 Å². The number of hydrogen-bond acceptors (Lipinski definition) is 11. The number of nitrogens with zero attached hydrogens (tertiary/aromatic N) is 6. The van der Waals surface area contributed by atoms with Crippen LogP contribution < -0.4 is 5.32 Å². The molecule has 6 aromatic rings. The largest absolute Gasteiger partial charge is 0.395 e. The van der Waals surface area contributed by atoms with Gasteiger partial charge in [0.25, 0.3) is 20.2 Å². The van der Waals surface area contributed by atoms with E-state index in [9.17, 15) is 25.9 Å². The SMILES string of the molecule is O=S(=O)(O)c1cc(-n2ncc(-c3ccccc3)n2)ccc1C=Cc1ccc(-n2ncc(-c3ccccc3)n2)cc1S(=O)(=O)O.OCCNCCO. The number of nitrogens with one attached hydrogen (secondary N) is 1. The summed E-state index contributed by atoms with van der Waals surface area (Å²) in [5, 5.41) is 36.3. The minimum atomic E-state index is -4.72. The van der Waals surface area contributed by atoms with Gasteiger partial charge in [-0.2, -0.15) is 36.6 Å². The van der Waals surface area contributed by atoms with Crippen LogP contribution >= 0.6 is 0 Å². The van der Waals surface area contributed by atoms with Crippen molar-refractivity contribution in [3.63, 3.8) is 0 Å². The molecule has 15 nitrogen and oxygen atoms in total. The Balaban J connectivity index is 0.000000654. The lowest BCUT2D eigenvalue weighted by atomic mass is 10.1. The molecule has 0 aliphatic heterocycles. The van der Waals surface area contributed by atoms with Crippen molar-refractivity contribution in [3.05, 3.63) is 121 Å². The molecule has 0 saturated heterocycles. The van der Waals surface area contributed by atoms with Gasteiger partial charge in [-0.3, -0.25) is 9.11 Å². The summed E-state index contributed by atoms with van der Waals surface area (Å²) in [7, 11) is -9.45. The average molecular weight is 732 g/mol. The number of hydrogen-bond donors (Lipinski definition) is 5. The minimum absolute atomic E-state index is 0.0540. The standard InChI is InChI=1S/C30H22N6O6S2.C4H11NO2/c37-43(38,39)29-17-25(35-31-19-27(33-35)21-7-3-1-4-8-21)15-13-23(29)11-12-24-14-16-26(18-30(24)44(40,41)42)36-32-20-28(34-36)22-9-5-2-6-10-22;6-3-1-5-2-4-7/h1-20H,(H,37,38,39)(H,40,41,42);5-7H,1-4H2. The van der Waals surface area contributed by atoms with Crippen LogP contribution in [-0.2, 0) is 20.2 Å². The van der Waals surface area contributed by atoms with E-state index in [0.717, 1.165) is 11.1 Å². The van der Waals surface area contributed by atoms with Gasteiger partial charge in [-0.25, -0.2) is 0 Å². The summed E-state index contributed by atoms with van der Waals surface area (Å²) < 4.78 is 69.3. The monoisotopic (exact) mass is 731 g/mol. The average Bonchev–Trinajstić information content (AvgIpc) is 3.83. The highest BCUT2D eigenvalue weighted by molar-refractivity contribution is 7.86. The molecule has 0 atom stereocenters. The third kappa shape index (κ3) is 9.65. The predicted octanol–water partition coefficient (Wildman–Crippen LogP) is 3.41. The number of rotatable bonds is 12. The number of aliphatic hydroxyl groups is 2. The van der Waals surface area contributed by atoms with Crippen molar-refractivity contribution in [2.45, 2.75) is 9.79 Å². The summed E-state index contributed by atoms with van der Waals surface area (Å²) in [6, 6.07) is 26.9. The topological polar surface area (TPSA) is 223 Å². The molecule has 0 amide bonds. The maximum Gasteiger partial charge on any atom is 0.295 e. The molecule has 0 saturated carbocycles. The van der Waals surface area contributed by atoms with Crippen LogP contribution in [0.15, 0.2) is 119 Å². The summed E-state index contributed by atoms with van der Waals surface area (Å²) in [5.41, 5.74) is 3.39. The molecule has 2 heterocycles. The van der Waals surface area contributed by atoms with E-state index in [4.69, 9.17) is 10.2 Å². The predicted molar refractivity (Wildman–Crippen MR) is 189 cm³/mol. The zero-order valence-electron chi connectivity index (χ0n) is 26.8. The fraction of sp³-hybridized carbons (Fsp3) is 0.118. The zero-order valence-corrected chi connectivity index (χ0v) is 28.4. The van der Waals surface area contributed by atoms with Crippen LogP contribution in [-0.4, -0.2) is 92.4 Å². The molecule has 2 aromatic heterocycles. The van der Waals surface area contributed by atoms with Crippen molar-refractivity contribution >= 4 is 32.4 Å². The first-order chi connectivity index (χ1) is 24.5. The summed E-state index contributed by atoms with van der Waals surface area (Å²) in [6.07, 6.45) is 5.67. The lowest BCUT2D eigenvalue weighted by Gasteiger charge is -2.08. The second-order valence-corrected chi connectivity index (χ2v) is 13.5. The zero-order chi connectivity index (χ0) is 36.4. The molecular formula is C34H33N7O8S2. The van der Waals surface area contributed by atoms with Crippen LogP contribution in [0.25, 0.3) is 46.0 Å². The lowest BCUT2D eigenvalue weighted by molar-refractivity contribution is 0.266. The van der Waals surface area contributed by atoms with Crippen molar-refractivity contribution in [1.29, 1.82) is 0 Å². The molecule has 0 unspecified atom stereocenters. The molecule has 5 N–H and O–H groups in total. The number of aliphatic hydroxyl groups excluding tert-OH is 2. The molecule has 0 aliphatic carbocycles. The molecule has 4 aromatic carbocycles. The molecule has 0 spiro atoms. The van der Waals surface area contributed by atoms with Crippen molar-refractivity contribution in [1.82, 2.24) is 35.3 Å². The van der Waals surface area contributed by atoms with Gasteiger partial charge < -0.3 is 15.5 Å². The van der Waals surface area contributed by atoms with E-state index < -0.39 is 30.0 Å². The molecular weight excluding hydrogens is 699 g/mol. The summed E-state index contributed by atoms with van der Waals surface area (Å²) in [6.45, 7) is 1.42. The van der Waals surface area contributed by atoms with Gasteiger partial charge >= 0.3 is 0 Å². The highest BCUT2D eigenvalue weighted by atomic mass is 32.2. The van der Waals surface area contributed by atoms with Gasteiger partial charge in [0, 0.05) is 24.2 Å². The van der Waals surface area contributed by atoms with Crippen molar-refractivity contribution in [2.24, 2.45) is 0 Å². The van der Waals surface area contributed by atoms with E-state index in [1.54, 1.807) is 12.1 Å². The molecule has 6 rings (SSSR count). The normalized spacial score (nSPS) is 11.8. The van der Waals surface area contributed by atoms with Gasteiger partial charge in [0.1, 0.15) is 21.2 Å².